The van der Waals surface area contributed by atoms with Crippen LogP contribution in [0.5, 0.6) is 0 Å². The van der Waals surface area contributed by atoms with Gasteiger partial charge in [0.05, 0.1) is 12.1 Å². The number of aromatic amines is 1. The zero-order chi connectivity index (χ0) is 18.6. The number of benzene rings is 1. The van der Waals surface area contributed by atoms with E-state index in [0.717, 1.165) is 43.1 Å². The fourth-order valence-corrected chi connectivity index (χ4v) is 3.57. The number of aromatic nitrogens is 4. The molecule has 4 rings (SSSR count). The zero-order valence-corrected chi connectivity index (χ0v) is 14.9. The Kier molecular flexibility index (Phi) is 4.71. The third-order valence-electron chi connectivity index (χ3n) is 5.03. The van der Waals surface area contributed by atoms with Gasteiger partial charge in [0.15, 0.2) is 0 Å². The number of piperidine rings is 1. The Morgan fingerprint density at radius 2 is 1.93 bits per heavy atom. The fourth-order valence-electron chi connectivity index (χ4n) is 3.57. The first kappa shape index (κ1) is 17.0. The largest absolute Gasteiger partial charge is 0.357 e. The molecule has 1 aliphatic rings. The molecule has 0 aliphatic carbocycles. The lowest BCUT2D eigenvalue weighted by Crippen LogP contribution is -2.34. The Hall–Kier alpha value is -3.40. The smallest absolute Gasteiger partial charge is 0.343 e. The highest BCUT2D eigenvalue weighted by molar-refractivity contribution is 5.42. The lowest BCUT2D eigenvalue weighted by atomic mass is 9.95. The molecule has 0 unspecified atom stereocenters. The van der Waals surface area contributed by atoms with Gasteiger partial charge in [0.25, 0.3) is 0 Å². The van der Waals surface area contributed by atoms with Crippen LogP contribution in [0.3, 0.4) is 0 Å². The Morgan fingerprint density at radius 1 is 1.15 bits per heavy atom. The number of pyridine rings is 1. The summed E-state index contributed by atoms with van der Waals surface area (Å²) in [6, 6.07) is 15.7. The molecule has 0 atom stereocenters. The van der Waals surface area contributed by atoms with Crippen molar-refractivity contribution in [2.45, 2.75) is 25.3 Å². The van der Waals surface area contributed by atoms with Gasteiger partial charge in [-0.3, -0.25) is 4.57 Å². The van der Waals surface area contributed by atoms with Gasteiger partial charge >= 0.3 is 5.69 Å². The van der Waals surface area contributed by atoms with Crippen LogP contribution in [0.25, 0.3) is 0 Å². The molecule has 3 heterocycles. The van der Waals surface area contributed by atoms with Gasteiger partial charge in [0.2, 0.25) is 0 Å². The maximum absolute atomic E-state index is 12.2. The average molecular weight is 360 g/mol. The monoisotopic (exact) mass is 360 g/mol. The molecule has 1 aromatic carbocycles. The van der Waals surface area contributed by atoms with Gasteiger partial charge in [-0.1, -0.05) is 30.3 Å². The lowest BCUT2D eigenvalue weighted by molar-refractivity contribution is 0.466. The number of H-pyrrole nitrogens is 1. The predicted molar refractivity (Wildman–Crippen MR) is 102 cm³/mol. The van der Waals surface area contributed by atoms with Crippen molar-refractivity contribution in [3.63, 3.8) is 0 Å². The van der Waals surface area contributed by atoms with Crippen molar-refractivity contribution in [1.82, 2.24) is 19.7 Å². The van der Waals surface area contributed by atoms with E-state index >= 15 is 0 Å². The van der Waals surface area contributed by atoms with E-state index in [2.05, 4.69) is 26.2 Å². The number of nitrogens with one attached hydrogen (secondary N) is 1. The number of nitriles is 1. The molecule has 0 saturated carbocycles. The normalized spacial score (nSPS) is 14.9. The second-order valence-corrected chi connectivity index (χ2v) is 6.74. The summed E-state index contributed by atoms with van der Waals surface area (Å²) in [6.07, 6.45) is 3.41. The number of rotatable bonds is 4. The van der Waals surface area contributed by atoms with Crippen LogP contribution in [0.4, 0.5) is 5.82 Å². The quantitative estimate of drug-likeness (QED) is 0.771. The first-order valence-electron chi connectivity index (χ1n) is 9.05. The molecule has 0 radical (unpaired) electrons. The topological polar surface area (TPSA) is 90.6 Å². The van der Waals surface area contributed by atoms with Crippen LogP contribution < -0.4 is 10.6 Å². The van der Waals surface area contributed by atoms with E-state index in [0.29, 0.717) is 12.1 Å². The van der Waals surface area contributed by atoms with Crippen molar-refractivity contribution in [3.8, 4) is 6.07 Å². The standard InChI is InChI=1S/C20H20N6O/c21-12-16-6-7-18(22-13-16)25-10-8-17(9-11-25)19-23-24-20(27)26(19)14-15-4-2-1-3-5-15/h1-7,13,17H,8-11,14H2,(H,24,27). The molecule has 0 bridgehead atoms. The third-order valence-corrected chi connectivity index (χ3v) is 5.03. The Labute approximate surface area is 156 Å². The first-order valence-corrected chi connectivity index (χ1v) is 9.05. The minimum Gasteiger partial charge on any atom is -0.357 e. The minimum absolute atomic E-state index is 0.162. The SMILES string of the molecule is N#Cc1ccc(N2CCC(c3n[nH]c(=O)n3Cc3ccccc3)CC2)nc1. The van der Waals surface area contributed by atoms with Crippen LogP contribution >= 0.6 is 0 Å². The van der Waals surface area contributed by atoms with E-state index in [1.807, 2.05) is 36.4 Å². The summed E-state index contributed by atoms with van der Waals surface area (Å²) in [5, 5.41) is 15.8. The molecule has 1 fully saturated rings. The molecule has 0 spiro atoms. The predicted octanol–water partition coefficient (Wildman–Crippen LogP) is 2.27. The van der Waals surface area contributed by atoms with Gasteiger partial charge in [0, 0.05) is 25.2 Å². The van der Waals surface area contributed by atoms with E-state index in [-0.39, 0.29) is 11.6 Å². The van der Waals surface area contributed by atoms with Gasteiger partial charge in [-0.05, 0) is 30.5 Å². The number of hydrogen-bond acceptors (Lipinski definition) is 5. The van der Waals surface area contributed by atoms with E-state index in [1.54, 1.807) is 16.8 Å². The Balaban J connectivity index is 1.47. The summed E-state index contributed by atoms with van der Waals surface area (Å²) in [5.74, 6) is 1.95. The van der Waals surface area contributed by atoms with E-state index < -0.39 is 0 Å². The van der Waals surface area contributed by atoms with Crippen molar-refractivity contribution in [2.24, 2.45) is 0 Å². The molecule has 1 saturated heterocycles. The maximum atomic E-state index is 12.2. The molecular formula is C20H20N6O. The second-order valence-electron chi connectivity index (χ2n) is 6.74. The molecule has 136 valence electrons. The number of hydrogen-bond donors (Lipinski definition) is 1. The van der Waals surface area contributed by atoms with Crippen molar-refractivity contribution in [2.75, 3.05) is 18.0 Å². The van der Waals surface area contributed by atoms with Crippen molar-refractivity contribution < 1.29 is 0 Å². The van der Waals surface area contributed by atoms with Crippen LogP contribution in [0.15, 0.2) is 53.5 Å². The molecule has 7 nitrogen and oxygen atoms in total. The number of nitrogens with zero attached hydrogens (tertiary/aromatic N) is 5. The molecule has 7 heteroatoms. The highest BCUT2D eigenvalue weighted by Gasteiger charge is 2.26. The summed E-state index contributed by atoms with van der Waals surface area (Å²) in [7, 11) is 0. The van der Waals surface area contributed by atoms with E-state index in [1.165, 1.54) is 0 Å². The van der Waals surface area contributed by atoms with Gasteiger partial charge in [0.1, 0.15) is 17.7 Å². The average Bonchev–Trinajstić information content (AvgIpc) is 3.09. The van der Waals surface area contributed by atoms with E-state index in [9.17, 15) is 4.79 Å². The van der Waals surface area contributed by atoms with Crippen molar-refractivity contribution in [3.05, 3.63) is 76.1 Å². The van der Waals surface area contributed by atoms with E-state index in [4.69, 9.17) is 5.26 Å². The van der Waals surface area contributed by atoms with Crippen LogP contribution in [-0.2, 0) is 6.54 Å². The maximum Gasteiger partial charge on any atom is 0.343 e. The molecular weight excluding hydrogens is 340 g/mol. The molecule has 3 aromatic rings. The summed E-state index contributed by atoms with van der Waals surface area (Å²) < 4.78 is 1.75. The van der Waals surface area contributed by atoms with Crippen molar-refractivity contribution >= 4 is 5.82 Å². The van der Waals surface area contributed by atoms with Crippen LogP contribution in [0, 0.1) is 11.3 Å². The highest BCUT2D eigenvalue weighted by atomic mass is 16.1. The fraction of sp³-hybridized carbons (Fsp3) is 0.300. The minimum atomic E-state index is -0.162. The summed E-state index contributed by atoms with van der Waals surface area (Å²) >= 11 is 0. The molecule has 2 aromatic heterocycles. The van der Waals surface area contributed by atoms with Crippen LogP contribution in [0.1, 0.15) is 35.7 Å². The van der Waals surface area contributed by atoms with Gasteiger partial charge in [-0.2, -0.15) is 10.4 Å². The molecule has 27 heavy (non-hydrogen) atoms. The van der Waals surface area contributed by atoms with Gasteiger partial charge in [-0.25, -0.2) is 14.9 Å². The molecule has 0 amide bonds. The van der Waals surface area contributed by atoms with Gasteiger partial charge < -0.3 is 4.90 Å². The number of anilines is 1. The second kappa shape index (κ2) is 7.46. The van der Waals surface area contributed by atoms with Crippen LogP contribution in [-0.4, -0.2) is 32.8 Å². The van der Waals surface area contributed by atoms with Gasteiger partial charge in [-0.15, -0.1) is 0 Å². The molecule has 1 aliphatic heterocycles. The third kappa shape index (κ3) is 3.60. The highest BCUT2D eigenvalue weighted by Crippen LogP contribution is 2.28. The van der Waals surface area contributed by atoms with Crippen molar-refractivity contribution in [1.29, 1.82) is 5.26 Å². The summed E-state index contributed by atoms with van der Waals surface area (Å²) in [4.78, 5) is 18.8. The Bertz CT molecular complexity index is 991. The first-order chi connectivity index (χ1) is 13.2. The lowest BCUT2D eigenvalue weighted by Gasteiger charge is -2.32. The van der Waals surface area contributed by atoms with Crippen LogP contribution in [0.2, 0.25) is 0 Å². The Morgan fingerprint density at radius 3 is 2.59 bits per heavy atom. The molecule has 1 N–H and O–H groups in total. The summed E-state index contributed by atoms with van der Waals surface area (Å²) in [6.45, 7) is 2.22. The zero-order valence-electron chi connectivity index (χ0n) is 14.9. The summed E-state index contributed by atoms with van der Waals surface area (Å²) in [5.41, 5.74) is 1.49.